The number of nitrogens with one attached hydrogen (secondary N) is 2. The van der Waals surface area contributed by atoms with E-state index < -0.39 is 29.3 Å². The van der Waals surface area contributed by atoms with Crippen molar-refractivity contribution in [3.63, 3.8) is 0 Å². The van der Waals surface area contributed by atoms with Crippen molar-refractivity contribution >= 4 is 46.3 Å². The van der Waals surface area contributed by atoms with Gasteiger partial charge in [0.2, 0.25) is 17.8 Å². The lowest BCUT2D eigenvalue weighted by Gasteiger charge is -2.35. The van der Waals surface area contributed by atoms with Crippen molar-refractivity contribution in [1.82, 2.24) is 19.5 Å². The van der Waals surface area contributed by atoms with Crippen LogP contribution < -0.4 is 16.4 Å². The molecular weight excluding hydrogens is 490 g/mol. The van der Waals surface area contributed by atoms with Gasteiger partial charge in [-0.2, -0.15) is 4.98 Å². The van der Waals surface area contributed by atoms with Crippen molar-refractivity contribution in [3.05, 3.63) is 35.0 Å². The molecule has 2 heterocycles. The molecule has 0 unspecified atom stereocenters. The predicted molar refractivity (Wildman–Crippen MR) is 122 cm³/mol. The SMILES string of the molecule is NC(=O)[C@H]1CC[C@H](n2c(Nc3c(F)cc(Cl)cc3F)nc3cnc(NC4CC(F)(F)C4)nc32)CC1. The van der Waals surface area contributed by atoms with Crippen molar-refractivity contribution < 1.29 is 22.4 Å². The maximum atomic E-state index is 14.5. The van der Waals surface area contributed by atoms with Gasteiger partial charge in [-0.1, -0.05) is 11.6 Å². The first-order chi connectivity index (χ1) is 16.6. The number of hydrogen-bond acceptors (Lipinski definition) is 6. The highest BCUT2D eigenvalue weighted by atomic mass is 35.5. The lowest BCUT2D eigenvalue weighted by atomic mass is 9.85. The van der Waals surface area contributed by atoms with E-state index in [-0.39, 0.29) is 47.6 Å². The van der Waals surface area contributed by atoms with Crippen LogP contribution in [0, 0.1) is 17.6 Å². The molecule has 5 rings (SSSR count). The van der Waals surface area contributed by atoms with Crippen LogP contribution in [-0.4, -0.2) is 37.4 Å². The minimum Gasteiger partial charge on any atom is -0.369 e. The number of nitrogens with two attached hydrogens (primary N) is 1. The summed E-state index contributed by atoms with van der Waals surface area (Å²) in [6.45, 7) is 0. The summed E-state index contributed by atoms with van der Waals surface area (Å²) in [6.07, 6.45) is 2.99. The molecule has 0 spiro atoms. The minimum atomic E-state index is -2.70. The molecule has 35 heavy (non-hydrogen) atoms. The smallest absolute Gasteiger partial charge is 0.252 e. The first kappa shape index (κ1) is 23.6. The van der Waals surface area contributed by atoms with Crippen LogP contribution in [-0.2, 0) is 4.79 Å². The lowest BCUT2D eigenvalue weighted by Crippen LogP contribution is -2.44. The fourth-order valence-electron chi connectivity index (χ4n) is 4.73. The first-order valence-corrected chi connectivity index (χ1v) is 11.6. The monoisotopic (exact) mass is 511 g/mol. The molecule has 8 nitrogen and oxygen atoms in total. The van der Waals surface area contributed by atoms with Gasteiger partial charge in [0.05, 0.1) is 6.20 Å². The largest absolute Gasteiger partial charge is 0.369 e. The fraction of sp³-hybridized carbons (Fsp3) is 0.455. The van der Waals surface area contributed by atoms with Gasteiger partial charge in [-0.05, 0) is 37.8 Å². The van der Waals surface area contributed by atoms with Gasteiger partial charge < -0.3 is 16.4 Å². The van der Waals surface area contributed by atoms with Crippen LogP contribution in [0.3, 0.4) is 0 Å². The number of benzene rings is 1. The van der Waals surface area contributed by atoms with Crippen LogP contribution in [0.5, 0.6) is 0 Å². The zero-order valence-corrected chi connectivity index (χ0v) is 19.1. The molecule has 1 aromatic carbocycles. The third-order valence-electron chi connectivity index (χ3n) is 6.56. The molecule has 186 valence electrons. The Morgan fingerprint density at radius 1 is 1.11 bits per heavy atom. The number of imidazole rings is 1. The first-order valence-electron chi connectivity index (χ1n) is 11.2. The number of rotatable bonds is 6. The van der Waals surface area contributed by atoms with E-state index in [0.717, 1.165) is 12.1 Å². The molecule has 3 aromatic rings. The molecule has 13 heteroatoms. The molecule has 1 amide bonds. The molecule has 2 aliphatic carbocycles. The van der Waals surface area contributed by atoms with E-state index in [1.54, 1.807) is 4.57 Å². The number of halogens is 5. The fourth-order valence-corrected chi connectivity index (χ4v) is 4.92. The molecule has 0 bridgehead atoms. The normalized spacial score (nSPS) is 22.1. The van der Waals surface area contributed by atoms with E-state index >= 15 is 0 Å². The second-order valence-electron chi connectivity index (χ2n) is 9.09. The van der Waals surface area contributed by atoms with Gasteiger partial charge in [0.25, 0.3) is 5.92 Å². The third kappa shape index (κ3) is 4.71. The minimum absolute atomic E-state index is 0.0908. The van der Waals surface area contributed by atoms with E-state index in [1.807, 2.05) is 0 Å². The lowest BCUT2D eigenvalue weighted by molar-refractivity contribution is -0.122. The quantitative estimate of drug-likeness (QED) is 0.405. The Bertz CT molecular complexity index is 1260. The second kappa shape index (κ2) is 8.81. The number of fused-ring (bicyclic) bond motifs is 1. The molecule has 2 fully saturated rings. The molecule has 2 saturated carbocycles. The zero-order chi connectivity index (χ0) is 24.9. The molecule has 0 aliphatic heterocycles. The molecular formula is C22H22ClF4N7O. The Labute approximate surface area is 202 Å². The maximum Gasteiger partial charge on any atom is 0.252 e. The summed E-state index contributed by atoms with van der Waals surface area (Å²) in [5.41, 5.74) is 5.75. The molecule has 0 saturated heterocycles. The second-order valence-corrected chi connectivity index (χ2v) is 9.53. The van der Waals surface area contributed by atoms with Crippen molar-refractivity contribution in [3.8, 4) is 0 Å². The molecule has 0 atom stereocenters. The Morgan fingerprint density at radius 2 is 1.77 bits per heavy atom. The Balaban J connectivity index is 1.51. The number of nitrogens with zero attached hydrogens (tertiary/aromatic N) is 4. The van der Waals surface area contributed by atoms with E-state index in [4.69, 9.17) is 17.3 Å². The zero-order valence-electron chi connectivity index (χ0n) is 18.4. The number of alkyl halides is 2. The van der Waals surface area contributed by atoms with E-state index in [1.165, 1.54) is 6.20 Å². The predicted octanol–water partition coefficient (Wildman–Crippen LogP) is 4.93. The highest BCUT2D eigenvalue weighted by Gasteiger charge is 2.45. The summed E-state index contributed by atoms with van der Waals surface area (Å²) in [6, 6.07) is 1.30. The van der Waals surface area contributed by atoms with Crippen LogP contribution in [0.1, 0.15) is 44.6 Å². The average molecular weight is 512 g/mol. The topological polar surface area (TPSA) is 111 Å². The summed E-state index contributed by atoms with van der Waals surface area (Å²) in [5, 5.41) is 5.53. The molecule has 4 N–H and O–H groups in total. The van der Waals surface area contributed by atoms with Crippen LogP contribution in [0.15, 0.2) is 18.3 Å². The summed E-state index contributed by atoms with van der Waals surface area (Å²) in [7, 11) is 0. The van der Waals surface area contributed by atoms with Gasteiger partial charge in [0.15, 0.2) is 17.3 Å². The molecule has 0 radical (unpaired) electrons. The van der Waals surface area contributed by atoms with Crippen LogP contribution in [0.25, 0.3) is 11.2 Å². The number of anilines is 3. The molecule has 2 aromatic heterocycles. The Hall–Kier alpha value is -3.15. The van der Waals surface area contributed by atoms with Gasteiger partial charge in [-0.3, -0.25) is 9.36 Å². The van der Waals surface area contributed by atoms with Crippen molar-refractivity contribution in [2.75, 3.05) is 10.6 Å². The number of hydrogen-bond donors (Lipinski definition) is 3. The van der Waals surface area contributed by atoms with E-state index in [0.29, 0.717) is 36.8 Å². The number of aromatic nitrogens is 4. The highest BCUT2D eigenvalue weighted by molar-refractivity contribution is 6.30. The van der Waals surface area contributed by atoms with Crippen LogP contribution >= 0.6 is 11.6 Å². The van der Waals surface area contributed by atoms with Gasteiger partial charge in [-0.15, -0.1) is 0 Å². The summed E-state index contributed by atoms with van der Waals surface area (Å²) < 4.78 is 57.2. The third-order valence-corrected chi connectivity index (χ3v) is 6.78. The van der Waals surface area contributed by atoms with Crippen LogP contribution in [0.4, 0.5) is 35.1 Å². The van der Waals surface area contributed by atoms with Crippen LogP contribution in [0.2, 0.25) is 5.02 Å². The number of carbonyl (C=O) groups is 1. The van der Waals surface area contributed by atoms with Gasteiger partial charge in [0.1, 0.15) is 11.2 Å². The number of primary amides is 1. The van der Waals surface area contributed by atoms with Gasteiger partial charge in [-0.25, -0.2) is 27.5 Å². The van der Waals surface area contributed by atoms with Crippen molar-refractivity contribution in [2.45, 2.75) is 56.5 Å². The van der Waals surface area contributed by atoms with E-state index in [2.05, 4.69) is 25.6 Å². The Kier molecular flexibility index (Phi) is 5.94. The van der Waals surface area contributed by atoms with Gasteiger partial charge in [0, 0.05) is 35.9 Å². The summed E-state index contributed by atoms with van der Waals surface area (Å²) in [4.78, 5) is 24.7. The number of carbonyl (C=O) groups excluding carboxylic acids is 1. The van der Waals surface area contributed by atoms with Crippen molar-refractivity contribution in [2.24, 2.45) is 11.7 Å². The maximum absolute atomic E-state index is 14.5. The standard InChI is InChI=1S/C22H22ClF4N7O/c23-11-5-14(24)17(15(25)6-11)32-21-31-16-9-29-20(30-12-7-22(26,27)8-12)33-19(16)34(21)13-3-1-10(2-4-13)18(28)35/h5-6,9-10,12-13H,1-4,7-8H2,(H2,28,35)(H,31,32)(H,29,30,33)/t10-,13-. The van der Waals surface area contributed by atoms with E-state index in [9.17, 15) is 22.4 Å². The average Bonchev–Trinajstić information content (AvgIpc) is 3.12. The van der Waals surface area contributed by atoms with Crippen molar-refractivity contribution in [1.29, 1.82) is 0 Å². The Morgan fingerprint density at radius 3 is 2.37 bits per heavy atom. The highest BCUT2D eigenvalue weighted by Crippen LogP contribution is 2.40. The van der Waals surface area contributed by atoms with Gasteiger partial charge >= 0.3 is 0 Å². The molecule has 2 aliphatic rings. The summed E-state index contributed by atoms with van der Waals surface area (Å²) in [5.74, 6) is -4.84. The number of amides is 1. The summed E-state index contributed by atoms with van der Waals surface area (Å²) >= 11 is 5.74.